The Morgan fingerprint density at radius 3 is 2.58 bits per heavy atom. The van der Waals surface area contributed by atoms with Crippen LogP contribution < -0.4 is 10.6 Å². The van der Waals surface area contributed by atoms with Crippen molar-refractivity contribution in [3.63, 3.8) is 0 Å². The molecular formula is C25H32N4O2. The second kappa shape index (κ2) is 10.9. The van der Waals surface area contributed by atoms with E-state index in [1.165, 1.54) is 7.11 Å². The summed E-state index contributed by atoms with van der Waals surface area (Å²) in [7, 11) is 1.39. The second-order valence-electron chi connectivity index (χ2n) is 8.32. The predicted molar refractivity (Wildman–Crippen MR) is 123 cm³/mol. The fourth-order valence-electron chi connectivity index (χ4n) is 4.11. The van der Waals surface area contributed by atoms with Gasteiger partial charge in [0.1, 0.15) is 0 Å². The minimum Gasteiger partial charge on any atom is -0.465 e. The summed E-state index contributed by atoms with van der Waals surface area (Å²) >= 11 is 0. The smallest absolute Gasteiger partial charge is 0.337 e. The Labute approximate surface area is 185 Å². The lowest BCUT2D eigenvalue weighted by Gasteiger charge is -2.40. The molecule has 1 atom stereocenters. The van der Waals surface area contributed by atoms with Gasteiger partial charge in [-0.25, -0.2) is 4.79 Å². The Morgan fingerprint density at radius 2 is 1.97 bits per heavy atom. The lowest BCUT2D eigenvalue weighted by Crippen LogP contribution is -2.45. The van der Waals surface area contributed by atoms with E-state index in [9.17, 15) is 10.1 Å². The molecule has 1 aliphatic heterocycles. The standard InChI is InChI=1S/C25H32N4O2/c1-19(27)10-13-28-14-11-24(12-15-28)29(18-21-5-3-4-20(16-21)17-26)23-8-6-22(7-9-23)25(30)31-2/h3-9,16,19,24H,10-15,18,27H2,1-2H3. The molecule has 2 N–H and O–H groups in total. The quantitative estimate of drug-likeness (QED) is 0.658. The summed E-state index contributed by atoms with van der Waals surface area (Å²) in [6.45, 7) is 5.92. The molecule has 1 unspecified atom stereocenters. The number of ether oxygens (including phenoxy) is 1. The van der Waals surface area contributed by atoms with Crippen LogP contribution in [0.15, 0.2) is 48.5 Å². The largest absolute Gasteiger partial charge is 0.465 e. The van der Waals surface area contributed by atoms with Gasteiger partial charge in [0, 0.05) is 37.4 Å². The molecule has 3 rings (SSSR count). The van der Waals surface area contributed by atoms with Crippen LogP contribution in [0.3, 0.4) is 0 Å². The Balaban J connectivity index is 1.78. The molecule has 0 radical (unpaired) electrons. The van der Waals surface area contributed by atoms with Crippen molar-refractivity contribution in [3.8, 4) is 6.07 Å². The highest BCUT2D eigenvalue weighted by Crippen LogP contribution is 2.27. The van der Waals surface area contributed by atoms with E-state index < -0.39 is 0 Å². The zero-order valence-electron chi connectivity index (χ0n) is 18.5. The highest BCUT2D eigenvalue weighted by molar-refractivity contribution is 5.89. The molecule has 31 heavy (non-hydrogen) atoms. The lowest BCUT2D eigenvalue weighted by molar-refractivity contribution is 0.0600. The van der Waals surface area contributed by atoms with Crippen molar-refractivity contribution in [2.24, 2.45) is 5.73 Å². The van der Waals surface area contributed by atoms with Gasteiger partial charge < -0.3 is 20.3 Å². The van der Waals surface area contributed by atoms with Gasteiger partial charge in [0.2, 0.25) is 0 Å². The number of hydrogen-bond donors (Lipinski definition) is 1. The first-order valence-electron chi connectivity index (χ1n) is 10.9. The number of nitrogens with two attached hydrogens (primary N) is 1. The minimum atomic E-state index is -0.331. The number of nitriles is 1. The van der Waals surface area contributed by atoms with Gasteiger partial charge in [-0.2, -0.15) is 5.26 Å². The van der Waals surface area contributed by atoms with Crippen molar-refractivity contribution in [2.45, 2.75) is 44.8 Å². The van der Waals surface area contributed by atoms with E-state index in [0.29, 0.717) is 17.2 Å². The van der Waals surface area contributed by atoms with Gasteiger partial charge >= 0.3 is 5.97 Å². The van der Waals surface area contributed by atoms with Crippen molar-refractivity contribution < 1.29 is 9.53 Å². The molecule has 0 aromatic heterocycles. The normalized spacial score (nSPS) is 15.8. The van der Waals surface area contributed by atoms with Gasteiger partial charge in [-0.15, -0.1) is 0 Å². The fraction of sp³-hybridized carbons (Fsp3) is 0.440. The molecule has 1 aliphatic rings. The number of nitrogens with zero attached hydrogens (tertiary/aromatic N) is 3. The number of anilines is 1. The highest BCUT2D eigenvalue weighted by Gasteiger charge is 2.25. The first-order chi connectivity index (χ1) is 15.0. The first-order valence-corrected chi connectivity index (χ1v) is 10.9. The summed E-state index contributed by atoms with van der Waals surface area (Å²) in [5.74, 6) is -0.331. The van der Waals surface area contributed by atoms with Crippen LogP contribution in [-0.4, -0.2) is 49.7 Å². The van der Waals surface area contributed by atoms with E-state index in [0.717, 1.165) is 56.7 Å². The number of benzene rings is 2. The Morgan fingerprint density at radius 1 is 1.26 bits per heavy atom. The topological polar surface area (TPSA) is 82.6 Å². The third-order valence-electron chi connectivity index (χ3n) is 5.93. The maximum absolute atomic E-state index is 11.8. The summed E-state index contributed by atoms with van der Waals surface area (Å²) in [5, 5.41) is 9.26. The molecule has 6 heteroatoms. The molecule has 0 aliphatic carbocycles. The number of esters is 1. The summed E-state index contributed by atoms with van der Waals surface area (Å²) in [4.78, 5) is 16.7. The number of hydrogen-bond acceptors (Lipinski definition) is 6. The third kappa shape index (κ3) is 6.30. The molecule has 2 aromatic rings. The third-order valence-corrected chi connectivity index (χ3v) is 5.93. The molecular weight excluding hydrogens is 388 g/mol. The Kier molecular flexibility index (Phi) is 8.05. The fourth-order valence-corrected chi connectivity index (χ4v) is 4.11. The number of piperidine rings is 1. The van der Waals surface area contributed by atoms with E-state index in [1.807, 2.05) is 42.5 Å². The van der Waals surface area contributed by atoms with Gasteiger partial charge in [0.05, 0.1) is 24.3 Å². The van der Waals surface area contributed by atoms with E-state index >= 15 is 0 Å². The summed E-state index contributed by atoms with van der Waals surface area (Å²) < 4.78 is 4.83. The molecule has 0 saturated carbocycles. The molecule has 1 heterocycles. The number of rotatable bonds is 8. The van der Waals surface area contributed by atoms with Crippen LogP contribution in [0.2, 0.25) is 0 Å². The molecule has 6 nitrogen and oxygen atoms in total. The van der Waals surface area contributed by atoms with Crippen molar-refractivity contribution in [1.29, 1.82) is 5.26 Å². The van der Waals surface area contributed by atoms with Crippen molar-refractivity contribution >= 4 is 11.7 Å². The van der Waals surface area contributed by atoms with Crippen LogP contribution >= 0.6 is 0 Å². The molecule has 0 spiro atoms. The highest BCUT2D eigenvalue weighted by atomic mass is 16.5. The van der Waals surface area contributed by atoms with Crippen molar-refractivity contribution in [2.75, 3.05) is 31.6 Å². The lowest BCUT2D eigenvalue weighted by atomic mass is 10.00. The minimum absolute atomic E-state index is 0.231. The molecule has 1 saturated heterocycles. The average molecular weight is 421 g/mol. The molecule has 2 aromatic carbocycles. The van der Waals surface area contributed by atoms with E-state index in [-0.39, 0.29) is 12.0 Å². The Bertz CT molecular complexity index is 896. The first kappa shape index (κ1) is 22.8. The maximum Gasteiger partial charge on any atom is 0.337 e. The number of carbonyl (C=O) groups is 1. The number of methoxy groups -OCH3 is 1. The van der Waals surface area contributed by atoms with Crippen LogP contribution in [0.25, 0.3) is 0 Å². The van der Waals surface area contributed by atoms with Gasteiger partial charge in [-0.1, -0.05) is 12.1 Å². The molecule has 164 valence electrons. The summed E-state index contributed by atoms with van der Waals surface area (Å²) in [6, 6.07) is 18.2. The maximum atomic E-state index is 11.8. The van der Waals surface area contributed by atoms with Crippen LogP contribution in [-0.2, 0) is 11.3 Å². The van der Waals surface area contributed by atoms with Crippen LogP contribution in [0.4, 0.5) is 5.69 Å². The van der Waals surface area contributed by atoms with Crippen molar-refractivity contribution in [1.82, 2.24) is 4.90 Å². The van der Waals surface area contributed by atoms with E-state index in [4.69, 9.17) is 10.5 Å². The SMILES string of the molecule is COC(=O)c1ccc(N(Cc2cccc(C#N)c2)C2CCN(CCC(C)N)CC2)cc1. The van der Waals surface area contributed by atoms with Crippen molar-refractivity contribution in [3.05, 3.63) is 65.2 Å². The van der Waals surface area contributed by atoms with Gasteiger partial charge in [-0.05, 0) is 74.7 Å². The molecule has 0 bridgehead atoms. The van der Waals surface area contributed by atoms with Gasteiger partial charge in [0.15, 0.2) is 0 Å². The van der Waals surface area contributed by atoms with Gasteiger partial charge in [0.25, 0.3) is 0 Å². The Hall–Kier alpha value is -2.88. The zero-order chi connectivity index (χ0) is 22.2. The number of likely N-dealkylation sites (tertiary alicyclic amines) is 1. The molecule has 0 amide bonds. The average Bonchev–Trinajstić information content (AvgIpc) is 2.81. The van der Waals surface area contributed by atoms with Crippen LogP contribution in [0.5, 0.6) is 0 Å². The van der Waals surface area contributed by atoms with Crippen LogP contribution in [0.1, 0.15) is 47.7 Å². The zero-order valence-corrected chi connectivity index (χ0v) is 18.5. The van der Waals surface area contributed by atoms with Crippen LogP contribution in [0, 0.1) is 11.3 Å². The second-order valence-corrected chi connectivity index (χ2v) is 8.32. The van der Waals surface area contributed by atoms with E-state index in [1.54, 1.807) is 0 Å². The van der Waals surface area contributed by atoms with Gasteiger partial charge in [-0.3, -0.25) is 0 Å². The number of carbonyl (C=O) groups excluding carboxylic acids is 1. The predicted octanol–water partition coefficient (Wildman–Crippen LogP) is 3.55. The monoisotopic (exact) mass is 420 g/mol. The summed E-state index contributed by atoms with van der Waals surface area (Å²) in [5.41, 5.74) is 9.32. The molecule has 1 fully saturated rings. The summed E-state index contributed by atoms with van der Waals surface area (Å²) in [6.07, 6.45) is 3.15. The van der Waals surface area contributed by atoms with E-state index in [2.05, 4.69) is 28.9 Å².